The fraction of sp³-hybridized carbons (Fsp3) is 0.400. The van der Waals surface area contributed by atoms with Gasteiger partial charge in [-0.3, -0.25) is 0 Å². The maximum Gasteiger partial charge on any atom is 0.321 e. The fourth-order valence-corrected chi connectivity index (χ4v) is 2.49. The molecule has 1 N–H and O–H groups in total. The summed E-state index contributed by atoms with van der Waals surface area (Å²) in [6.45, 7) is 8.90. The lowest BCUT2D eigenvalue weighted by molar-refractivity contribution is 0.201. The third-order valence-electron chi connectivity index (χ3n) is 3.58. The number of aryl methyl sites for hydroxylation is 1. The molecule has 0 aliphatic rings. The molecule has 2 aromatic rings. The quantitative estimate of drug-likeness (QED) is 0.842. The maximum absolute atomic E-state index is 12.2. The molecule has 1 heterocycles. The Hall–Kier alpha value is -2.76. The second kappa shape index (κ2) is 8.08. The zero-order valence-electron chi connectivity index (χ0n) is 16.3. The van der Waals surface area contributed by atoms with Crippen LogP contribution < -0.4 is 14.8 Å². The maximum atomic E-state index is 12.2. The van der Waals surface area contributed by atoms with E-state index in [0.29, 0.717) is 29.6 Å². The number of hydrogen-bond acceptors (Lipinski definition) is 4. The van der Waals surface area contributed by atoms with Crippen molar-refractivity contribution < 1.29 is 14.3 Å². The molecule has 0 saturated carbocycles. The predicted molar refractivity (Wildman–Crippen MR) is 103 cm³/mol. The summed E-state index contributed by atoms with van der Waals surface area (Å²) < 4.78 is 11.1. The van der Waals surface area contributed by atoms with Crippen molar-refractivity contribution in [2.45, 2.75) is 27.7 Å². The van der Waals surface area contributed by atoms with Crippen LogP contribution in [0.25, 0.3) is 0 Å². The van der Waals surface area contributed by atoms with Gasteiger partial charge in [-0.05, 0) is 36.1 Å². The Bertz CT molecular complexity index is 752. The number of nitrogens with zero attached hydrogens (tertiary/aromatic N) is 2. The van der Waals surface area contributed by atoms with E-state index in [1.807, 2.05) is 25.1 Å². The van der Waals surface area contributed by atoms with Crippen LogP contribution in [0.2, 0.25) is 0 Å². The number of hydrogen-bond donors (Lipinski definition) is 1. The highest BCUT2D eigenvalue weighted by Crippen LogP contribution is 2.31. The number of carbonyl (C=O) groups is 1. The summed E-state index contributed by atoms with van der Waals surface area (Å²) in [5, 5.41) is 2.83. The third kappa shape index (κ3) is 5.65. The molecular weight excluding hydrogens is 330 g/mol. The van der Waals surface area contributed by atoms with Crippen LogP contribution in [-0.4, -0.2) is 36.6 Å². The zero-order chi connectivity index (χ0) is 19.3. The molecule has 1 aromatic carbocycles. The highest BCUT2D eigenvalue weighted by atomic mass is 16.5. The molecule has 0 aliphatic heterocycles. The van der Waals surface area contributed by atoms with Crippen LogP contribution in [0.1, 0.15) is 26.3 Å². The molecule has 6 nitrogen and oxygen atoms in total. The van der Waals surface area contributed by atoms with Gasteiger partial charge in [0.05, 0.1) is 19.0 Å². The second-order valence-corrected chi connectivity index (χ2v) is 7.49. The zero-order valence-corrected chi connectivity index (χ0v) is 16.3. The number of benzene rings is 1. The summed E-state index contributed by atoms with van der Waals surface area (Å²) >= 11 is 0. The number of urea groups is 1. The van der Waals surface area contributed by atoms with Gasteiger partial charge < -0.3 is 19.7 Å². The lowest BCUT2D eigenvalue weighted by atomic mass is 9.96. The number of anilines is 1. The molecule has 0 radical (unpaired) electrons. The van der Waals surface area contributed by atoms with Gasteiger partial charge in [0.2, 0.25) is 5.88 Å². The molecule has 0 unspecified atom stereocenters. The van der Waals surface area contributed by atoms with Crippen LogP contribution in [0.3, 0.4) is 0 Å². The molecule has 0 spiro atoms. The molecule has 0 aliphatic carbocycles. The first-order valence-corrected chi connectivity index (χ1v) is 8.48. The number of pyridine rings is 1. The third-order valence-corrected chi connectivity index (χ3v) is 3.58. The monoisotopic (exact) mass is 357 g/mol. The molecule has 6 heteroatoms. The van der Waals surface area contributed by atoms with E-state index < -0.39 is 0 Å². The van der Waals surface area contributed by atoms with E-state index >= 15 is 0 Å². The first-order chi connectivity index (χ1) is 12.2. The summed E-state index contributed by atoms with van der Waals surface area (Å²) in [6.07, 6.45) is 1.57. The van der Waals surface area contributed by atoms with Crippen molar-refractivity contribution in [2.75, 3.05) is 26.0 Å². The van der Waals surface area contributed by atoms with E-state index in [-0.39, 0.29) is 11.4 Å². The van der Waals surface area contributed by atoms with E-state index in [2.05, 4.69) is 31.1 Å². The number of ether oxygens (including phenoxy) is 2. The average Bonchev–Trinajstić information content (AvgIpc) is 2.56. The van der Waals surface area contributed by atoms with Crippen molar-refractivity contribution in [2.24, 2.45) is 5.41 Å². The summed E-state index contributed by atoms with van der Waals surface area (Å²) in [5.41, 5.74) is 1.73. The van der Waals surface area contributed by atoms with Gasteiger partial charge in [-0.2, -0.15) is 0 Å². The van der Waals surface area contributed by atoms with E-state index in [1.165, 1.54) is 0 Å². The summed E-state index contributed by atoms with van der Waals surface area (Å²) in [5.74, 6) is 1.66. The predicted octanol–water partition coefficient (Wildman–Crippen LogP) is 4.70. The summed E-state index contributed by atoms with van der Waals surface area (Å²) in [7, 11) is 3.37. The number of rotatable bonds is 5. The van der Waals surface area contributed by atoms with Crippen LogP contribution in [0.15, 0.2) is 36.5 Å². The smallest absolute Gasteiger partial charge is 0.321 e. The minimum atomic E-state index is -0.171. The fourth-order valence-electron chi connectivity index (χ4n) is 2.49. The minimum Gasteiger partial charge on any atom is -0.493 e. The molecule has 0 saturated heterocycles. The molecular formula is C20H27N3O3. The van der Waals surface area contributed by atoms with E-state index in [9.17, 15) is 4.79 Å². The van der Waals surface area contributed by atoms with Gasteiger partial charge in [0.1, 0.15) is 0 Å². The minimum absolute atomic E-state index is 0.0368. The molecule has 2 amide bonds. The van der Waals surface area contributed by atoms with Crippen molar-refractivity contribution in [1.82, 2.24) is 9.88 Å². The van der Waals surface area contributed by atoms with Crippen molar-refractivity contribution >= 4 is 11.7 Å². The molecule has 140 valence electrons. The van der Waals surface area contributed by atoms with Crippen LogP contribution in [0, 0.1) is 12.3 Å². The van der Waals surface area contributed by atoms with Crippen molar-refractivity contribution in [3.05, 3.63) is 42.1 Å². The van der Waals surface area contributed by atoms with Crippen LogP contribution in [0.4, 0.5) is 10.5 Å². The first kappa shape index (κ1) is 19.6. The van der Waals surface area contributed by atoms with Crippen LogP contribution in [-0.2, 0) is 0 Å². The SMILES string of the molecule is COc1cc(C)ccc1Oc1ccc(NC(=O)N(C)CC(C)(C)C)cn1. The number of carbonyl (C=O) groups excluding carboxylic acids is 1. The number of nitrogens with one attached hydrogen (secondary N) is 1. The molecule has 0 atom stereocenters. The topological polar surface area (TPSA) is 63.7 Å². The molecule has 0 fully saturated rings. The lowest BCUT2D eigenvalue weighted by Crippen LogP contribution is -2.37. The summed E-state index contributed by atoms with van der Waals surface area (Å²) in [4.78, 5) is 18.1. The Morgan fingerprint density at radius 3 is 2.50 bits per heavy atom. The van der Waals surface area contributed by atoms with E-state index in [0.717, 1.165) is 5.56 Å². The standard InChI is InChI=1S/C20H27N3O3/c1-14-7-9-16(17(11-14)25-6)26-18-10-8-15(12-21-18)22-19(24)23(5)13-20(2,3)4/h7-12H,13H2,1-6H3,(H,22,24). The second-order valence-electron chi connectivity index (χ2n) is 7.49. The molecule has 1 aromatic heterocycles. The Morgan fingerprint density at radius 1 is 1.19 bits per heavy atom. The van der Waals surface area contributed by atoms with E-state index in [4.69, 9.17) is 9.47 Å². The largest absolute Gasteiger partial charge is 0.493 e. The number of aromatic nitrogens is 1. The van der Waals surface area contributed by atoms with Gasteiger partial charge in [0.25, 0.3) is 0 Å². The van der Waals surface area contributed by atoms with Crippen molar-refractivity contribution in [3.63, 3.8) is 0 Å². The van der Waals surface area contributed by atoms with Crippen LogP contribution >= 0.6 is 0 Å². The van der Waals surface area contributed by atoms with Gasteiger partial charge >= 0.3 is 6.03 Å². The molecule has 2 rings (SSSR count). The normalized spacial score (nSPS) is 11.0. The average molecular weight is 357 g/mol. The van der Waals surface area contributed by atoms with Crippen molar-refractivity contribution in [3.8, 4) is 17.4 Å². The van der Waals surface area contributed by atoms with Gasteiger partial charge in [-0.25, -0.2) is 9.78 Å². The first-order valence-electron chi connectivity index (χ1n) is 8.48. The Labute approximate surface area is 155 Å². The lowest BCUT2D eigenvalue weighted by Gasteiger charge is -2.26. The number of methoxy groups -OCH3 is 1. The van der Waals surface area contributed by atoms with Gasteiger partial charge in [-0.15, -0.1) is 0 Å². The highest BCUT2D eigenvalue weighted by molar-refractivity contribution is 5.88. The number of amides is 2. The molecule has 26 heavy (non-hydrogen) atoms. The van der Waals surface area contributed by atoms with Crippen molar-refractivity contribution in [1.29, 1.82) is 0 Å². The Kier molecular flexibility index (Phi) is 6.08. The van der Waals surface area contributed by atoms with Gasteiger partial charge in [0, 0.05) is 19.7 Å². The highest BCUT2D eigenvalue weighted by Gasteiger charge is 2.17. The Morgan fingerprint density at radius 2 is 1.92 bits per heavy atom. The van der Waals surface area contributed by atoms with Crippen LogP contribution in [0.5, 0.6) is 17.4 Å². The Balaban J connectivity index is 2.01. The van der Waals surface area contributed by atoms with E-state index in [1.54, 1.807) is 37.4 Å². The van der Waals surface area contributed by atoms with Gasteiger partial charge in [0.15, 0.2) is 11.5 Å². The van der Waals surface area contributed by atoms with Gasteiger partial charge in [-0.1, -0.05) is 26.8 Å². The summed E-state index contributed by atoms with van der Waals surface area (Å²) in [6, 6.07) is 8.97. The molecule has 0 bridgehead atoms.